The average molecular weight is 576 g/mol. The van der Waals surface area contributed by atoms with E-state index in [0.29, 0.717) is 21.7 Å². The van der Waals surface area contributed by atoms with Crippen LogP contribution in [0.25, 0.3) is 11.0 Å². The smallest absolute Gasteiger partial charge is 0.297 e. The summed E-state index contributed by atoms with van der Waals surface area (Å²) in [5.74, 6) is 0.396. The first-order valence-corrected chi connectivity index (χ1v) is 13.8. The summed E-state index contributed by atoms with van der Waals surface area (Å²) < 4.78 is 7.64. The van der Waals surface area contributed by atoms with Crippen molar-refractivity contribution in [3.8, 4) is 0 Å². The Morgan fingerprint density at radius 1 is 1.00 bits per heavy atom. The summed E-state index contributed by atoms with van der Waals surface area (Å²) in [5, 5.41) is 9.55. The van der Waals surface area contributed by atoms with Gasteiger partial charge in [0.05, 0.1) is 17.0 Å². The number of rotatable bonds is 5. The quantitative estimate of drug-likeness (QED) is 0.170. The highest BCUT2D eigenvalue weighted by atomic mass is 79.9. The van der Waals surface area contributed by atoms with Gasteiger partial charge in [0.1, 0.15) is 5.58 Å². The van der Waals surface area contributed by atoms with E-state index < -0.39 is 11.9 Å². The van der Waals surface area contributed by atoms with Gasteiger partial charge in [-0.3, -0.25) is 14.5 Å². The molecule has 0 saturated carbocycles. The highest BCUT2D eigenvalue weighted by Crippen LogP contribution is 2.43. The van der Waals surface area contributed by atoms with Gasteiger partial charge in [-0.1, -0.05) is 93.1 Å². The molecule has 9 heteroatoms. The van der Waals surface area contributed by atoms with Gasteiger partial charge in [0.15, 0.2) is 9.77 Å². The number of aryl methyl sites for hydroxylation is 1. The number of carbonyl (C=O) groups is 1. The summed E-state index contributed by atoms with van der Waals surface area (Å²) in [6.45, 7) is 2.06. The minimum absolute atomic E-state index is 0.0516. The lowest BCUT2D eigenvalue weighted by molar-refractivity contribution is 0.0970. The Balaban J connectivity index is 1.41. The molecule has 0 spiro atoms. The van der Waals surface area contributed by atoms with Crippen LogP contribution in [0.1, 0.15) is 38.9 Å². The molecule has 36 heavy (non-hydrogen) atoms. The van der Waals surface area contributed by atoms with Gasteiger partial charge in [0.25, 0.3) is 5.91 Å². The lowest BCUT2D eigenvalue weighted by atomic mass is 9.99. The molecule has 0 saturated heterocycles. The monoisotopic (exact) mass is 575 g/mol. The molecule has 0 fully saturated rings. The lowest BCUT2D eigenvalue weighted by Gasteiger charge is -2.22. The van der Waals surface area contributed by atoms with Crippen molar-refractivity contribution in [2.45, 2.75) is 23.1 Å². The molecule has 2 aromatic heterocycles. The Morgan fingerprint density at radius 3 is 2.53 bits per heavy atom. The van der Waals surface area contributed by atoms with Crippen molar-refractivity contribution in [1.29, 1.82) is 0 Å². The number of hydrogen-bond donors (Lipinski definition) is 0. The van der Waals surface area contributed by atoms with E-state index in [-0.39, 0.29) is 11.2 Å². The maximum absolute atomic E-state index is 13.7. The van der Waals surface area contributed by atoms with Crippen LogP contribution >= 0.6 is 39.0 Å². The third-order valence-corrected chi connectivity index (χ3v) is 8.70. The van der Waals surface area contributed by atoms with Crippen LogP contribution in [0.2, 0.25) is 0 Å². The van der Waals surface area contributed by atoms with Gasteiger partial charge in [-0.15, -0.1) is 10.2 Å². The third-order valence-electron chi connectivity index (χ3n) is 6.05. The molecule has 5 aromatic rings. The van der Waals surface area contributed by atoms with Gasteiger partial charge in [-0.05, 0) is 42.3 Å². The Bertz CT molecular complexity index is 1660. The third kappa shape index (κ3) is 4.07. The molecule has 0 N–H and O–H groups in total. The molecule has 6 nitrogen and oxygen atoms in total. The number of para-hydroxylation sites is 1. The predicted octanol–water partition coefficient (Wildman–Crippen LogP) is 6.76. The van der Waals surface area contributed by atoms with Crippen LogP contribution in [0.3, 0.4) is 0 Å². The highest BCUT2D eigenvalue weighted by Gasteiger charge is 2.45. The minimum atomic E-state index is -0.663. The molecule has 3 aromatic carbocycles. The fourth-order valence-corrected chi connectivity index (χ4v) is 6.35. The number of anilines is 1. The molecule has 1 aliphatic heterocycles. The number of amides is 1. The summed E-state index contributed by atoms with van der Waals surface area (Å²) in [7, 11) is 0. The summed E-state index contributed by atoms with van der Waals surface area (Å²) in [5.41, 5.74) is 3.68. The molecule has 0 bridgehead atoms. The van der Waals surface area contributed by atoms with Crippen molar-refractivity contribution in [3.05, 3.63) is 116 Å². The van der Waals surface area contributed by atoms with E-state index in [4.69, 9.17) is 4.42 Å². The zero-order valence-electron chi connectivity index (χ0n) is 19.0. The first kappa shape index (κ1) is 23.1. The van der Waals surface area contributed by atoms with Crippen LogP contribution in [0, 0.1) is 6.92 Å². The predicted molar refractivity (Wildman–Crippen MR) is 146 cm³/mol. The van der Waals surface area contributed by atoms with Crippen LogP contribution in [0.15, 0.2) is 90.8 Å². The minimum Gasteiger partial charge on any atom is -0.450 e. The fraction of sp³-hybridized carbons (Fsp3) is 0.111. The molecule has 178 valence electrons. The Morgan fingerprint density at radius 2 is 1.75 bits per heavy atom. The van der Waals surface area contributed by atoms with E-state index >= 15 is 0 Å². The maximum Gasteiger partial charge on any atom is 0.297 e. The number of aromatic nitrogens is 2. The van der Waals surface area contributed by atoms with Gasteiger partial charge in [0.2, 0.25) is 10.9 Å². The van der Waals surface area contributed by atoms with E-state index in [1.165, 1.54) is 27.4 Å². The van der Waals surface area contributed by atoms with Crippen LogP contribution < -0.4 is 10.3 Å². The van der Waals surface area contributed by atoms with Crippen molar-refractivity contribution >= 4 is 61.0 Å². The van der Waals surface area contributed by atoms with Gasteiger partial charge in [-0.25, -0.2) is 0 Å². The molecule has 3 heterocycles. The van der Waals surface area contributed by atoms with Crippen molar-refractivity contribution in [2.75, 3.05) is 4.90 Å². The number of carbonyl (C=O) groups excluding carboxylic acids is 1. The zero-order chi connectivity index (χ0) is 24.8. The Kier molecular flexibility index (Phi) is 5.99. The standard InChI is InChI=1S/C27H18BrN3O3S2/c1-15-6-8-16(9-7-15)14-35-27-30-29-26(36-27)31-22(17-10-12-18(28)13-11-17)21-23(32)19-4-2-3-5-20(19)34-24(21)25(31)33/h2-13,22H,14H2,1H3/t22-/m1/s1. The molecule has 1 atom stereocenters. The highest BCUT2D eigenvalue weighted by molar-refractivity contribution is 9.10. The van der Waals surface area contributed by atoms with Crippen molar-refractivity contribution in [3.63, 3.8) is 0 Å². The summed E-state index contributed by atoms with van der Waals surface area (Å²) >= 11 is 6.36. The molecule has 0 radical (unpaired) electrons. The van der Waals surface area contributed by atoms with Crippen LogP contribution in [0.5, 0.6) is 0 Å². The van der Waals surface area contributed by atoms with Crippen LogP contribution in [-0.2, 0) is 5.75 Å². The van der Waals surface area contributed by atoms with E-state index in [0.717, 1.165) is 20.1 Å². The topological polar surface area (TPSA) is 76.3 Å². The summed E-state index contributed by atoms with van der Waals surface area (Å²) in [6, 6.07) is 22.3. The molecule has 1 aliphatic rings. The second-order valence-electron chi connectivity index (χ2n) is 8.42. The number of halogens is 1. The van der Waals surface area contributed by atoms with E-state index in [2.05, 4.69) is 57.3 Å². The van der Waals surface area contributed by atoms with Crippen LogP contribution in [0.4, 0.5) is 5.13 Å². The normalized spacial score (nSPS) is 15.0. The second kappa shape index (κ2) is 9.31. The van der Waals surface area contributed by atoms with Gasteiger partial charge >= 0.3 is 0 Å². The largest absolute Gasteiger partial charge is 0.450 e. The molecular formula is C27H18BrN3O3S2. The SMILES string of the molecule is Cc1ccc(CSc2nnc(N3C(=O)c4oc5ccccc5c(=O)c4[C@H]3c3ccc(Br)cc3)s2)cc1. The maximum atomic E-state index is 13.7. The summed E-state index contributed by atoms with van der Waals surface area (Å²) in [4.78, 5) is 28.8. The van der Waals surface area contributed by atoms with Crippen molar-refractivity contribution in [2.24, 2.45) is 0 Å². The number of hydrogen-bond acceptors (Lipinski definition) is 7. The lowest BCUT2D eigenvalue weighted by Crippen LogP contribution is -2.29. The second-order valence-corrected chi connectivity index (χ2v) is 11.5. The molecule has 0 unspecified atom stereocenters. The fourth-order valence-electron chi connectivity index (χ4n) is 4.27. The first-order valence-electron chi connectivity index (χ1n) is 11.2. The van der Waals surface area contributed by atoms with Crippen molar-refractivity contribution in [1.82, 2.24) is 10.2 Å². The zero-order valence-corrected chi connectivity index (χ0v) is 22.2. The first-order chi connectivity index (χ1) is 17.5. The van der Waals surface area contributed by atoms with Crippen LogP contribution in [-0.4, -0.2) is 16.1 Å². The molecule has 6 rings (SSSR count). The van der Waals surface area contributed by atoms with Gasteiger partial charge in [0, 0.05) is 10.2 Å². The average Bonchev–Trinajstić information content (AvgIpc) is 3.47. The Labute approximate surface area is 223 Å². The van der Waals surface area contributed by atoms with E-state index in [1.54, 1.807) is 36.0 Å². The van der Waals surface area contributed by atoms with Crippen molar-refractivity contribution < 1.29 is 9.21 Å². The van der Waals surface area contributed by atoms with E-state index in [1.807, 2.05) is 24.3 Å². The van der Waals surface area contributed by atoms with E-state index in [9.17, 15) is 9.59 Å². The van der Waals surface area contributed by atoms with Gasteiger partial charge in [-0.2, -0.15) is 0 Å². The summed E-state index contributed by atoms with van der Waals surface area (Å²) in [6.07, 6.45) is 0. The number of fused-ring (bicyclic) bond motifs is 2. The molecular weight excluding hydrogens is 558 g/mol. The molecule has 1 amide bonds. The number of benzene rings is 3. The van der Waals surface area contributed by atoms with Gasteiger partial charge < -0.3 is 4.42 Å². The number of nitrogens with zero attached hydrogens (tertiary/aromatic N) is 3. The number of thioether (sulfide) groups is 1. The Hall–Kier alpha value is -3.27. The molecule has 0 aliphatic carbocycles.